The Morgan fingerprint density at radius 1 is 0.939 bits per heavy atom. The van der Waals surface area contributed by atoms with Crippen LogP contribution in [0.1, 0.15) is 24.5 Å². The third-order valence-electron chi connectivity index (χ3n) is 5.10. The second kappa shape index (κ2) is 11.5. The van der Waals surface area contributed by atoms with E-state index in [0.717, 1.165) is 28.5 Å². The summed E-state index contributed by atoms with van der Waals surface area (Å²) < 4.78 is 33.4. The molecule has 1 N–H and O–H groups in total. The van der Waals surface area contributed by atoms with Gasteiger partial charge in [0.25, 0.3) is 10.0 Å². The molecule has 0 heterocycles. The molecule has 0 aliphatic carbocycles. The van der Waals surface area contributed by atoms with Crippen LogP contribution in [0.3, 0.4) is 0 Å². The quantitative estimate of drug-likeness (QED) is 0.427. The van der Waals surface area contributed by atoms with E-state index in [-0.39, 0.29) is 24.6 Å². The Morgan fingerprint density at radius 2 is 1.61 bits per heavy atom. The van der Waals surface area contributed by atoms with E-state index in [1.807, 2.05) is 31.2 Å². The van der Waals surface area contributed by atoms with E-state index in [1.165, 1.54) is 5.56 Å². The van der Waals surface area contributed by atoms with E-state index in [9.17, 15) is 13.2 Å². The van der Waals surface area contributed by atoms with Gasteiger partial charge in [-0.25, -0.2) is 8.42 Å². The highest BCUT2D eigenvalue weighted by Gasteiger charge is 2.26. The molecule has 0 fully saturated rings. The predicted octanol–water partition coefficient (Wildman–Crippen LogP) is 4.34. The third kappa shape index (κ3) is 6.83. The van der Waals surface area contributed by atoms with E-state index < -0.39 is 15.9 Å². The molecule has 6 nitrogen and oxygen atoms in total. The van der Waals surface area contributed by atoms with Gasteiger partial charge >= 0.3 is 0 Å². The fraction of sp³-hybridized carbons (Fsp3) is 0.269. The zero-order valence-electron chi connectivity index (χ0n) is 19.0. The molecule has 33 heavy (non-hydrogen) atoms. The highest BCUT2D eigenvalue weighted by molar-refractivity contribution is 7.92. The number of para-hydroxylation sites is 1. The van der Waals surface area contributed by atoms with Gasteiger partial charge in [0.1, 0.15) is 18.9 Å². The Bertz CT molecular complexity index is 1130. The molecule has 0 atom stereocenters. The van der Waals surface area contributed by atoms with Crippen molar-refractivity contribution < 1.29 is 17.9 Å². The van der Waals surface area contributed by atoms with Crippen molar-refractivity contribution in [1.29, 1.82) is 0 Å². The maximum absolute atomic E-state index is 13.3. The average Bonchev–Trinajstić information content (AvgIpc) is 2.82. The molecule has 174 valence electrons. The second-order valence-electron chi connectivity index (χ2n) is 7.75. The number of carbonyl (C=O) groups is 1. The van der Waals surface area contributed by atoms with Crippen LogP contribution in [0.2, 0.25) is 0 Å². The SMILES string of the molecule is CCCc1ccc(OCCNC(=O)CN(c2ccccc2)S(=O)(=O)c2ccc(C)cc2)cc1. The molecule has 0 aromatic heterocycles. The molecule has 3 aromatic rings. The molecule has 0 bridgehead atoms. The van der Waals surface area contributed by atoms with Crippen LogP contribution in [0.5, 0.6) is 5.75 Å². The van der Waals surface area contributed by atoms with Crippen LogP contribution in [0, 0.1) is 6.92 Å². The van der Waals surface area contributed by atoms with E-state index in [4.69, 9.17) is 4.74 Å². The maximum Gasteiger partial charge on any atom is 0.264 e. The van der Waals surface area contributed by atoms with Crippen LogP contribution in [0.25, 0.3) is 0 Å². The van der Waals surface area contributed by atoms with E-state index in [2.05, 4.69) is 12.2 Å². The summed E-state index contributed by atoms with van der Waals surface area (Å²) in [5, 5.41) is 2.75. The minimum absolute atomic E-state index is 0.139. The van der Waals surface area contributed by atoms with Crippen molar-refractivity contribution in [3.63, 3.8) is 0 Å². The fourth-order valence-electron chi connectivity index (χ4n) is 3.33. The van der Waals surface area contributed by atoms with Crippen molar-refractivity contribution in [1.82, 2.24) is 5.32 Å². The molecule has 0 saturated carbocycles. The number of hydrogen-bond acceptors (Lipinski definition) is 4. The Morgan fingerprint density at radius 3 is 2.24 bits per heavy atom. The van der Waals surface area contributed by atoms with Crippen LogP contribution in [0.4, 0.5) is 5.69 Å². The van der Waals surface area contributed by atoms with Crippen LogP contribution < -0.4 is 14.4 Å². The highest BCUT2D eigenvalue weighted by Crippen LogP contribution is 2.23. The number of rotatable bonds is 11. The molecular formula is C26H30N2O4S. The van der Waals surface area contributed by atoms with Crippen LogP contribution in [-0.4, -0.2) is 34.0 Å². The number of benzene rings is 3. The van der Waals surface area contributed by atoms with Gasteiger partial charge in [-0.3, -0.25) is 9.10 Å². The molecule has 0 aliphatic heterocycles. The highest BCUT2D eigenvalue weighted by atomic mass is 32.2. The standard InChI is InChI=1S/C26H30N2O4S/c1-3-7-22-12-14-24(15-13-22)32-19-18-27-26(29)20-28(23-8-5-4-6-9-23)33(30,31)25-16-10-21(2)11-17-25/h4-6,8-17H,3,7,18-20H2,1-2H3,(H,27,29). The molecule has 0 radical (unpaired) electrons. The summed E-state index contributed by atoms with van der Waals surface area (Å²) in [6.45, 7) is 4.25. The minimum atomic E-state index is -3.91. The summed E-state index contributed by atoms with van der Waals surface area (Å²) >= 11 is 0. The first kappa shape index (κ1) is 24.3. The van der Waals surface area contributed by atoms with Crippen LogP contribution in [-0.2, 0) is 21.2 Å². The van der Waals surface area contributed by atoms with Crippen LogP contribution in [0.15, 0.2) is 83.8 Å². The average molecular weight is 467 g/mol. The zero-order chi connectivity index (χ0) is 23.7. The topological polar surface area (TPSA) is 75.7 Å². The second-order valence-corrected chi connectivity index (χ2v) is 9.61. The lowest BCUT2D eigenvalue weighted by molar-refractivity contribution is -0.119. The summed E-state index contributed by atoms with van der Waals surface area (Å²) in [6, 6.07) is 23.1. The van der Waals surface area contributed by atoms with Gasteiger partial charge in [0.15, 0.2) is 0 Å². The summed E-state index contributed by atoms with van der Waals surface area (Å²) in [4.78, 5) is 12.8. The molecule has 0 unspecified atom stereocenters. The van der Waals surface area contributed by atoms with E-state index in [1.54, 1.807) is 54.6 Å². The normalized spacial score (nSPS) is 11.1. The number of carbonyl (C=O) groups excluding carboxylic acids is 1. The van der Waals surface area contributed by atoms with Crippen molar-refractivity contribution in [3.05, 3.63) is 90.0 Å². The summed E-state index contributed by atoms with van der Waals surface area (Å²) in [7, 11) is -3.91. The molecule has 1 amide bonds. The fourth-order valence-corrected chi connectivity index (χ4v) is 4.75. The Labute approximate surface area is 196 Å². The van der Waals surface area contributed by atoms with Crippen molar-refractivity contribution in [2.75, 3.05) is 24.0 Å². The van der Waals surface area contributed by atoms with Gasteiger partial charge in [0.2, 0.25) is 5.91 Å². The smallest absolute Gasteiger partial charge is 0.264 e. The number of hydrogen-bond donors (Lipinski definition) is 1. The van der Waals surface area contributed by atoms with Gasteiger partial charge in [0.05, 0.1) is 17.1 Å². The lowest BCUT2D eigenvalue weighted by atomic mass is 10.1. The van der Waals surface area contributed by atoms with Gasteiger partial charge in [-0.15, -0.1) is 0 Å². The van der Waals surface area contributed by atoms with Gasteiger partial charge in [0, 0.05) is 0 Å². The first-order valence-corrected chi connectivity index (χ1v) is 12.5. The van der Waals surface area contributed by atoms with E-state index >= 15 is 0 Å². The summed E-state index contributed by atoms with van der Waals surface area (Å²) in [5.74, 6) is 0.327. The lowest BCUT2D eigenvalue weighted by Gasteiger charge is -2.24. The van der Waals surface area contributed by atoms with Crippen molar-refractivity contribution >= 4 is 21.6 Å². The first-order chi connectivity index (χ1) is 15.9. The largest absolute Gasteiger partial charge is 0.492 e. The lowest BCUT2D eigenvalue weighted by Crippen LogP contribution is -2.41. The van der Waals surface area contributed by atoms with E-state index in [0.29, 0.717) is 5.69 Å². The van der Waals surface area contributed by atoms with Crippen LogP contribution >= 0.6 is 0 Å². The minimum Gasteiger partial charge on any atom is -0.492 e. The Hall–Kier alpha value is -3.32. The van der Waals surface area contributed by atoms with Crippen molar-refractivity contribution in [2.24, 2.45) is 0 Å². The number of amides is 1. The van der Waals surface area contributed by atoms with Gasteiger partial charge in [-0.2, -0.15) is 0 Å². The molecule has 0 aliphatic rings. The third-order valence-corrected chi connectivity index (χ3v) is 6.88. The number of anilines is 1. The molecule has 3 aromatic carbocycles. The molecule has 0 spiro atoms. The predicted molar refractivity (Wildman–Crippen MR) is 131 cm³/mol. The summed E-state index contributed by atoms with van der Waals surface area (Å²) in [5.41, 5.74) is 2.64. The Kier molecular flexibility index (Phi) is 8.49. The molecule has 3 rings (SSSR count). The molecular weight excluding hydrogens is 436 g/mol. The van der Waals surface area contributed by atoms with Gasteiger partial charge < -0.3 is 10.1 Å². The maximum atomic E-state index is 13.3. The number of ether oxygens (including phenoxy) is 1. The summed E-state index contributed by atoms with van der Waals surface area (Å²) in [6.07, 6.45) is 2.12. The first-order valence-electron chi connectivity index (χ1n) is 11.0. The molecule has 7 heteroatoms. The monoisotopic (exact) mass is 466 g/mol. The zero-order valence-corrected chi connectivity index (χ0v) is 19.8. The van der Waals surface area contributed by atoms with Gasteiger partial charge in [-0.1, -0.05) is 61.4 Å². The number of nitrogens with zero attached hydrogens (tertiary/aromatic N) is 1. The van der Waals surface area contributed by atoms with Crippen molar-refractivity contribution in [3.8, 4) is 5.75 Å². The molecule has 0 saturated heterocycles. The van der Waals surface area contributed by atoms with Gasteiger partial charge in [-0.05, 0) is 55.3 Å². The Balaban J connectivity index is 1.61. The number of nitrogens with one attached hydrogen (secondary N) is 1. The number of aryl methyl sites for hydroxylation is 2. The van der Waals surface area contributed by atoms with Crippen molar-refractivity contribution in [2.45, 2.75) is 31.6 Å². The number of sulfonamides is 1.